The van der Waals surface area contributed by atoms with Gasteiger partial charge in [-0.05, 0) is 47.5 Å². The van der Waals surface area contributed by atoms with E-state index in [-0.39, 0.29) is 10.0 Å². The van der Waals surface area contributed by atoms with E-state index >= 15 is 0 Å². The summed E-state index contributed by atoms with van der Waals surface area (Å²) in [6.45, 7) is 3.55. The summed E-state index contributed by atoms with van der Waals surface area (Å²) in [6.07, 6.45) is 0. The van der Waals surface area contributed by atoms with E-state index < -0.39 is 32.5 Å². The lowest BCUT2D eigenvalue weighted by molar-refractivity contribution is 0.0944. The predicted octanol–water partition coefficient (Wildman–Crippen LogP) is 2.97. The first-order chi connectivity index (χ1) is 11.1. The first-order valence-corrected chi connectivity index (χ1v) is 8.93. The molecule has 0 aromatic heterocycles. The summed E-state index contributed by atoms with van der Waals surface area (Å²) in [5.41, 5.74) is 3.87. The molecule has 9 heteroatoms. The van der Waals surface area contributed by atoms with Crippen LogP contribution in [-0.2, 0) is 10.0 Å². The summed E-state index contributed by atoms with van der Waals surface area (Å²) in [4.78, 5) is 13.1. The molecule has 1 amide bonds. The van der Waals surface area contributed by atoms with Gasteiger partial charge in [0, 0.05) is 16.1 Å². The molecule has 0 aliphatic carbocycles. The van der Waals surface area contributed by atoms with Gasteiger partial charge in [-0.25, -0.2) is 17.2 Å². The largest absolute Gasteiger partial charge is 0.273 e. The lowest BCUT2D eigenvalue weighted by Gasteiger charge is -2.12. The monoisotopic (exact) mass is 418 g/mol. The number of benzene rings is 2. The molecular weight excluding hydrogens is 406 g/mol. The summed E-state index contributed by atoms with van der Waals surface area (Å²) in [6, 6.07) is 6.25. The molecule has 0 aliphatic rings. The molecule has 0 saturated heterocycles. The fourth-order valence-electron chi connectivity index (χ4n) is 2.09. The van der Waals surface area contributed by atoms with Gasteiger partial charge < -0.3 is 0 Å². The van der Waals surface area contributed by atoms with E-state index in [2.05, 4.69) is 15.9 Å². The molecule has 0 saturated carbocycles. The van der Waals surface area contributed by atoms with E-state index in [1.54, 1.807) is 30.0 Å². The average Bonchev–Trinajstić information content (AvgIpc) is 2.43. The molecule has 128 valence electrons. The minimum Gasteiger partial charge on any atom is -0.273 e. The van der Waals surface area contributed by atoms with Crippen LogP contribution in [0.5, 0.6) is 0 Å². The first kappa shape index (κ1) is 18.5. The van der Waals surface area contributed by atoms with Crippen molar-refractivity contribution < 1.29 is 22.0 Å². The predicted molar refractivity (Wildman–Crippen MR) is 87.8 cm³/mol. The molecule has 0 radical (unpaired) electrons. The third-order valence-corrected chi connectivity index (χ3v) is 5.37. The molecule has 24 heavy (non-hydrogen) atoms. The zero-order valence-corrected chi connectivity index (χ0v) is 15.1. The molecule has 0 aliphatic heterocycles. The van der Waals surface area contributed by atoms with Gasteiger partial charge in [-0.2, -0.15) is 0 Å². The Kier molecular flexibility index (Phi) is 5.36. The van der Waals surface area contributed by atoms with Crippen LogP contribution in [0.25, 0.3) is 0 Å². The number of rotatable bonds is 4. The SMILES string of the molecule is Cc1ccc(C(=O)NNS(=O)(=O)c2c(F)cc(F)cc2Br)c(C)c1. The van der Waals surface area contributed by atoms with Crippen LogP contribution in [0.2, 0.25) is 0 Å². The van der Waals surface area contributed by atoms with Crippen molar-refractivity contribution in [3.8, 4) is 0 Å². The molecule has 0 bridgehead atoms. The summed E-state index contributed by atoms with van der Waals surface area (Å²) in [7, 11) is -4.43. The second kappa shape index (κ2) is 6.96. The summed E-state index contributed by atoms with van der Waals surface area (Å²) in [5, 5.41) is 0. The zero-order chi connectivity index (χ0) is 18.1. The van der Waals surface area contributed by atoms with E-state index in [1.165, 1.54) is 0 Å². The highest BCUT2D eigenvalue weighted by molar-refractivity contribution is 9.10. The standard InChI is InChI=1S/C15H13BrF2N2O3S/c1-8-3-4-11(9(2)5-8)15(21)19-20-24(22,23)14-12(16)6-10(17)7-13(14)18/h3-7,20H,1-2H3,(H,19,21). The van der Waals surface area contributed by atoms with Gasteiger partial charge in [0.25, 0.3) is 15.9 Å². The minimum atomic E-state index is -4.43. The first-order valence-electron chi connectivity index (χ1n) is 6.66. The Morgan fingerprint density at radius 2 is 1.79 bits per heavy atom. The molecule has 2 aromatic carbocycles. The van der Waals surface area contributed by atoms with Crippen molar-refractivity contribution in [1.82, 2.24) is 10.3 Å². The Morgan fingerprint density at radius 1 is 1.12 bits per heavy atom. The number of amides is 1. The summed E-state index contributed by atoms with van der Waals surface area (Å²) < 4.78 is 50.8. The zero-order valence-electron chi connectivity index (χ0n) is 12.7. The van der Waals surface area contributed by atoms with Crippen LogP contribution in [-0.4, -0.2) is 14.3 Å². The van der Waals surface area contributed by atoms with E-state index in [0.717, 1.165) is 11.6 Å². The number of aryl methyl sites for hydroxylation is 2. The van der Waals surface area contributed by atoms with Crippen molar-refractivity contribution in [2.24, 2.45) is 0 Å². The minimum absolute atomic E-state index is 0.266. The Bertz CT molecular complexity index is 894. The quantitative estimate of drug-likeness (QED) is 0.749. The maximum Gasteiger partial charge on any atom is 0.266 e. The van der Waals surface area contributed by atoms with Crippen LogP contribution < -0.4 is 10.3 Å². The highest BCUT2D eigenvalue weighted by atomic mass is 79.9. The molecule has 0 spiro atoms. The second-order valence-corrected chi connectivity index (χ2v) is 7.55. The number of hydrogen-bond acceptors (Lipinski definition) is 3. The van der Waals surface area contributed by atoms with Crippen molar-refractivity contribution in [2.45, 2.75) is 18.7 Å². The normalized spacial score (nSPS) is 11.4. The average molecular weight is 419 g/mol. The van der Waals surface area contributed by atoms with Gasteiger partial charge in [0.1, 0.15) is 16.5 Å². The van der Waals surface area contributed by atoms with Gasteiger partial charge in [-0.3, -0.25) is 10.2 Å². The molecule has 2 aromatic rings. The molecule has 2 N–H and O–H groups in total. The van der Waals surface area contributed by atoms with Crippen LogP contribution in [0, 0.1) is 25.5 Å². The number of nitrogens with one attached hydrogen (secondary N) is 2. The number of hydrogen-bond donors (Lipinski definition) is 2. The Morgan fingerprint density at radius 3 is 2.38 bits per heavy atom. The fraction of sp³-hybridized carbons (Fsp3) is 0.133. The number of sulfonamides is 1. The number of carbonyl (C=O) groups is 1. The van der Waals surface area contributed by atoms with E-state index in [0.29, 0.717) is 11.6 Å². The molecule has 5 nitrogen and oxygen atoms in total. The van der Waals surface area contributed by atoms with Gasteiger partial charge in [-0.1, -0.05) is 17.7 Å². The Hall–Kier alpha value is -1.84. The highest BCUT2D eigenvalue weighted by Crippen LogP contribution is 2.25. The van der Waals surface area contributed by atoms with E-state index in [1.807, 2.05) is 12.3 Å². The van der Waals surface area contributed by atoms with Crippen LogP contribution in [0.15, 0.2) is 39.7 Å². The smallest absolute Gasteiger partial charge is 0.266 e. The molecule has 0 heterocycles. The van der Waals surface area contributed by atoms with Gasteiger partial charge in [0.2, 0.25) is 0 Å². The molecule has 2 rings (SSSR count). The molecule has 0 atom stereocenters. The van der Waals surface area contributed by atoms with Crippen LogP contribution in [0.3, 0.4) is 0 Å². The number of carbonyl (C=O) groups excluding carboxylic acids is 1. The maximum absolute atomic E-state index is 13.8. The van der Waals surface area contributed by atoms with Gasteiger partial charge in [0.05, 0.1) is 0 Å². The van der Waals surface area contributed by atoms with Gasteiger partial charge in [-0.15, -0.1) is 4.83 Å². The lowest BCUT2D eigenvalue weighted by Crippen LogP contribution is -2.42. The summed E-state index contributed by atoms with van der Waals surface area (Å²) in [5.74, 6) is -2.91. The van der Waals surface area contributed by atoms with Gasteiger partial charge >= 0.3 is 0 Å². The second-order valence-electron chi connectivity index (χ2n) is 5.08. The van der Waals surface area contributed by atoms with Crippen molar-refractivity contribution >= 4 is 31.9 Å². The van der Waals surface area contributed by atoms with E-state index in [9.17, 15) is 22.0 Å². The van der Waals surface area contributed by atoms with Gasteiger partial charge in [0.15, 0.2) is 0 Å². The Balaban J connectivity index is 2.23. The Labute approximate surface area is 146 Å². The summed E-state index contributed by atoms with van der Waals surface area (Å²) >= 11 is 2.79. The highest BCUT2D eigenvalue weighted by Gasteiger charge is 2.24. The molecule has 0 unspecified atom stereocenters. The van der Waals surface area contributed by atoms with Crippen molar-refractivity contribution in [3.05, 3.63) is 63.1 Å². The van der Waals surface area contributed by atoms with Crippen LogP contribution in [0.4, 0.5) is 8.78 Å². The third kappa shape index (κ3) is 3.97. The third-order valence-electron chi connectivity index (χ3n) is 3.16. The van der Waals surface area contributed by atoms with Crippen LogP contribution >= 0.6 is 15.9 Å². The number of halogens is 3. The van der Waals surface area contributed by atoms with Crippen molar-refractivity contribution in [1.29, 1.82) is 0 Å². The fourth-order valence-corrected chi connectivity index (χ4v) is 4.09. The lowest BCUT2D eigenvalue weighted by atomic mass is 10.1. The molecular formula is C15H13BrF2N2O3S. The maximum atomic E-state index is 13.8. The van der Waals surface area contributed by atoms with Crippen LogP contribution in [0.1, 0.15) is 21.5 Å². The van der Waals surface area contributed by atoms with Crippen molar-refractivity contribution in [3.63, 3.8) is 0 Å². The molecule has 0 fully saturated rings. The van der Waals surface area contributed by atoms with Crippen molar-refractivity contribution in [2.75, 3.05) is 0 Å². The number of hydrazine groups is 1. The topological polar surface area (TPSA) is 75.3 Å². The van der Waals surface area contributed by atoms with E-state index in [4.69, 9.17) is 0 Å².